The van der Waals surface area contributed by atoms with Crippen LogP contribution in [0.25, 0.3) is 0 Å². The molecule has 1 heterocycles. The summed E-state index contributed by atoms with van der Waals surface area (Å²) in [5, 5.41) is 7.93. The van der Waals surface area contributed by atoms with Gasteiger partial charge in [0.1, 0.15) is 5.75 Å². The Morgan fingerprint density at radius 3 is 2.60 bits per heavy atom. The van der Waals surface area contributed by atoms with E-state index in [1.165, 1.54) is 7.05 Å². The molecule has 0 radical (unpaired) electrons. The third-order valence-electron chi connectivity index (χ3n) is 4.73. The highest BCUT2D eigenvalue weighted by Gasteiger charge is 2.37. The fourth-order valence-electron chi connectivity index (χ4n) is 3.11. The smallest absolute Gasteiger partial charge is 0.321 e. The van der Waals surface area contributed by atoms with Crippen molar-refractivity contribution in [1.29, 1.82) is 0 Å². The fraction of sp³-hybridized carbons (Fsp3) is 0.556. The number of hydrogen-bond donors (Lipinski definition) is 3. The number of carbonyl (C=O) groups is 2. The molecule has 25 heavy (non-hydrogen) atoms. The number of methoxy groups -OCH3 is 1. The van der Waals surface area contributed by atoms with Crippen molar-refractivity contribution in [2.45, 2.75) is 31.2 Å². The molecule has 3 amide bonds. The van der Waals surface area contributed by atoms with Crippen molar-refractivity contribution in [1.82, 2.24) is 16.0 Å². The number of ether oxygens (including phenoxy) is 2. The second kappa shape index (κ2) is 8.82. The Morgan fingerprint density at radius 1 is 1.28 bits per heavy atom. The minimum atomic E-state index is -0.510. The number of hydrogen-bond acceptors (Lipinski definition) is 5. The number of imide groups is 1. The molecule has 1 aromatic carbocycles. The molecule has 0 aromatic heterocycles. The highest BCUT2D eigenvalue weighted by molar-refractivity contribution is 5.96. The van der Waals surface area contributed by atoms with E-state index in [1.54, 1.807) is 14.0 Å². The Hall–Kier alpha value is -2.12. The summed E-state index contributed by atoms with van der Waals surface area (Å²) in [7, 11) is 3.14. The lowest BCUT2D eigenvalue weighted by Gasteiger charge is -2.39. The lowest BCUT2D eigenvalue weighted by Crippen LogP contribution is -2.51. The van der Waals surface area contributed by atoms with Gasteiger partial charge in [-0.05, 0) is 25.8 Å². The van der Waals surface area contributed by atoms with Gasteiger partial charge in [-0.1, -0.05) is 18.2 Å². The van der Waals surface area contributed by atoms with E-state index in [-0.39, 0.29) is 11.3 Å². The van der Waals surface area contributed by atoms with Gasteiger partial charge in [0, 0.05) is 37.8 Å². The molecule has 7 nitrogen and oxygen atoms in total. The fourth-order valence-corrected chi connectivity index (χ4v) is 3.11. The van der Waals surface area contributed by atoms with Crippen LogP contribution in [0.2, 0.25) is 0 Å². The van der Waals surface area contributed by atoms with Gasteiger partial charge < -0.3 is 20.1 Å². The molecule has 1 unspecified atom stereocenters. The number of rotatable bonds is 6. The van der Waals surface area contributed by atoms with Crippen LogP contribution in [-0.2, 0) is 14.9 Å². The van der Waals surface area contributed by atoms with Crippen LogP contribution in [0.3, 0.4) is 0 Å². The van der Waals surface area contributed by atoms with E-state index in [9.17, 15) is 9.59 Å². The topological polar surface area (TPSA) is 88.7 Å². The summed E-state index contributed by atoms with van der Waals surface area (Å²) in [4.78, 5) is 23.4. The minimum Gasteiger partial charge on any atom is -0.496 e. The average Bonchev–Trinajstić information content (AvgIpc) is 2.66. The van der Waals surface area contributed by atoms with Crippen molar-refractivity contribution < 1.29 is 19.1 Å². The van der Waals surface area contributed by atoms with Crippen LogP contribution in [0.5, 0.6) is 5.75 Å². The van der Waals surface area contributed by atoms with Crippen LogP contribution in [0.1, 0.15) is 25.3 Å². The molecule has 138 valence electrons. The second-order valence-electron chi connectivity index (χ2n) is 6.26. The monoisotopic (exact) mass is 349 g/mol. The zero-order valence-corrected chi connectivity index (χ0v) is 15.1. The van der Waals surface area contributed by atoms with Gasteiger partial charge in [-0.15, -0.1) is 0 Å². The Kier molecular flexibility index (Phi) is 6.78. The van der Waals surface area contributed by atoms with E-state index >= 15 is 0 Å². The molecule has 0 aliphatic carbocycles. The molecule has 1 aliphatic rings. The average molecular weight is 349 g/mol. The summed E-state index contributed by atoms with van der Waals surface area (Å²) >= 11 is 0. The maximum Gasteiger partial charge on any atom is 0.321 e. The van der Waals surface area contributed by atoms with E-state index < -0.39 is 12.1 Å². The zero-order chi connectivity index (χ0) is 18.3. The minimum absolute atomic E-state index is 0.174. The van der Waals surface area contributed by atoms with Crippen molar-refractivity contribution in [3.63, 3.8) is 0 Å². The molecule has 1 aromatic rings. The number of urea groups is 1. The lowest BCUT2D eigenvalue weighted by atomic mass is 9.73. The first kappa shape index (κ1) is 19.2. The summed E-state index contributed by atoms with van der Waals surface area (Å²) in [6, 6.07) is 6.96. The normalized spacial score (nSPS) is 17.4. The molecule has 1 aliphatic heterocycles. The van der Waals surface area contributed by atoms with Gasteiger partial charge in [-0.2, -0.15) is 0 Å². The molecule has 7 heteroatoms. The zero-order valence-electron chi connectivity index (χ0n) is 15.1. The maximum atomic E-state index is 12.1. The van der Waals surface area contributed by atoms with Crippen molar-refractivity contribution in [2.24, 2.45) is 0 Å². The molecule has 0 saturated carbocycles. The molecular weight excluding hydrogens is 322 g/mol. The lowest BCUT2D eigenvalue weighted by molar-refractivity contribution is -0.121. The van der Waals surface area contributed by atoms with E-state index in [0.717, 1.165) is 24.2 Å². The first-order chi connectivity index (χ1) is 12.0. The number of benzene rings is 1. The van der Waals surface area contributed by atoms with E-state index in [4.69, 9.17) is 9.47 Å². The number of nitrogens with one attached hydrogen (secondary N) is 3. The van der Waals surface area contributed by atoms with Gasteiger partial charge in [0.2, 0.25) is 5.91 Å². The highest BCUT2D eigenvalue weighted by Crippen LogP contribution is 2.39. The summed E-state index contributed by atoms with van der Waals surface area (Å²) < 4.78 is 11.1. The van der Waals surface area contributed by atoms with Crippen molar-refractivity contribution >= 4 is 11.9 Å². The summed E-state index contributed by atoms with van der Waals surface area (Å²) in [5.74, 6) is 0.482. The highest BCUT2D eigenvalue weighted by atomic mass is 16.5. The largest absolute Gasteiger partial charge is 0.496 e. The predicted octanol–water partition coefficient (Wildman–Crippen LogP) is 1.18. The molecule has 2 rings (SSSR count). The number of amides is 3. The van der Waals surface area contributed by atoms with E-state index in [1.807, 2.05) is 18.2 Å². The maximum absolute atomic E-state index is 12.1. The van der Waals surface area contributed by atoms with Gasteiger partial charge in [0.05, 0.1) is 13.2 Å². The molecule has 0 bridgehead atoms. The third kappa shape index (κ3) is 4.70. The predicted molar refractivity (Wildman–Crippen MR) is 94.8 cm³/mol. The molecule has 3 N–H and O–H groups in total. The van der Waals surface area contributed by atoms with Gasteiger partial charge in [0.15, 0.2) is 0 Å². The Morgan fingerprint density at radius 2 is 1.96 bits per heavy atom. The molecule has 1 fully saturated rings. The first-order valence-corrected chi connectivity index (χ1v) is 8.49. The van der Waals surface area contributed by atoms with E-state index in [0.29, 0.717) is 19.8 Å². The van der Waals surface area contributed by atoms with Gasteiger partial charge in [-0.25, -0.2) is 4.79 Å². The summed E-state index contributed by atoms with van der Waals surface area (Å²) in [6.07, 6.45) is 1.67. The van der Waals surface area contributed by atoms with Gasteiger partial charge in [0.25, 0.3) is 0 Å². The Bertz CT molecular complexity index is 600. The standard InChI is InChI=1S/C18H27N3O4/c1-13(16(22)21-17(23)19-2)20-12-18(8-10-25-11-9-18)14-6-4-5-7-15(14)24-3/h4-7,13,20H,8-12H2,1-3H3,(H2,19,21,22,23). The SMILES string of the molecule is CNC(=O)NC(=O)C(C)NCC1(c2ccccc2OC)CCOCC1. The van der Waals surface area contributed by atoms with Crippen LogP contribution in [0.15, 0.2) is 24.3 Å². The molecule has 1 saturated heterocycles. The third-order valence-corrected chi connectivity index (χ3v) is 4.73. The van der Waals surface area contributed by atoms with E-state index in [2.05, 4.69) is 22.0 Å². The van der Waals surface area contributed by atoms with Crippen LogP contribution in [-0.4, -0.2) is 51.9 Å². The van der Waals surface area contributed by atoms with Gasteiger partial charge >= 0.3 is 6.03 Å². The van der Waals surface area contributed by atoms with Crippen molar-refractivity contribution in [3.8, 4) is 5.75 Å². The van der Waals surface area contributed by atoms with Crippen LogP contribution >= 0.6 is 0 Å². The molecule has 1 atom stereocenters. The van der Waals surface area contributed by atoms with Crippen LogP contribution in [0, 0.1) is 0 Å². The van der Waals surface area contributed by atoms with Crippen molar-refractivity contribution in [3.05, 3.63) is 29.8 Å². The van der Waals surface area contributed by atoms with Crippen molar-refractivity contribution in [2.75, 3.05) is 33.9 Å². The number of para-hydroxylation sites is 1. The van der Waals surface area contributed by atoms with Crippen LogP contribution in [0.4, 0.5) is 4.79 Å². The molecular formula is C18H27N3O4. The Labute approximate surface area is 148 Å². The van der Waals surface area contributed by atoms with Gasteiger partial charge in [-0.3, -0.25) is 10.1 Å². The Balaban J connectivity index is 2.13. The molecule has 0 spiro atoms. The summed E-state index contributed by atoms with van der Waals surface area (Å²) in [6.45, 7) is 3.67. The second-order valence-corrected chi connectivity index (χ2v) is 6.26. The first-order valence-electron chi connectivity index (χ1n) is 8.49. The number of carbonyl (C=O) groups excluding carboxylic acids is 2. The summed E-state index contributed by atoms with van der Waals surface area (Å²) in [5.41, 5.74) is 0.944. The quantitative estimate of drug-likeness (QED) is 0.718. The van der Waals surface area contributed by atoms with Crippen LogP contribution < -0.4 is 20.7 Å².